The Labute approximate surface area is 68.4 Å². The van der Waals surface area contributed by atoms with Gasteiger partial charge in [-0.3, -0.25) is 4.79 Å². The molecule has 2 heterocycles. The second-order valence-corrected chi connectivity index (χ2v) is 3.91. The molecule has 0 aromatic rings. The molecule has 0 aromatic heterocycles. The van der Waals surface area contributed by atoms with Gasteiger partial charge in [0.1, 0.15) is 5.94 Å². The summed E-state index contributed by atoms with van der Waals surface area (Å²) in [6.45, 7) is 0.709. The molecule has 2 fully saturated rings. The smallest absolute Gasteiger partial charge is 0.226 e. The molecule has 2 aliphatic heterocycles. The molecule has 0 aliphatic carbocycles. The number of hydrogen-bond donors (Lipinski definition) is 0. The lowest BCUT2D eigenvalue weighted by atomic mass is 10.2. The molecular formula is C7H7NO2S. The zero-order chi connectivity index (χ0) is 7.84. The second-order valence-electron chi connectivity index (χ2n) is 2.64. The minimum atomic E-state index is 0.215. The highest BCUT2D eigenvalue weighted by Crippen LogP contribution is 2.39. The topological polar surface area (TPSA) is 37.4 Å². The molecule has 1 atom stereocenters. The Bertz CT molecular complexity index is 257. The first-order valence-electron chi connectivity index (χ1n) is 3.51. The van der Waals surface area contributed by atoms with Crippen LogP contribution in [0.4, 0.5) is 0 Å². The van der Waals surface area contributed by atoms with Crippen molar-refractivity contribution in [3.05, 3.63) is 4.91 Å². The van der Waals surface area contributed by atoms with E-state index in [1.54, 1.807) is 0 Å². The van der Waals surface area contributed by atoms with Gasteiger partial charge in [0.15, 0.2) is 0 Å². The quantitative estimate of drug-likeness (QED) is 0.389. The third kappa shape index (κ3) is 0.988. The minimum absolute atomic E-state index is 0.215. The lowest BCUT2D eigenvalue weighted by molar-refractivity contribution is -0.141. The van der Waals surface area contributed by atoms with Gasteiger partial charge in [0, 0.05) is 13.0 Å². The van der Waals surface area contributed by atoms with Gasteiger partial charge < -0.3 is 4.90 Å². The van der Waals surface area contributed by atoms with Crippen LogP contribution >= 0.6 is 11.8 Å². The van der Waals surface area contributed by atoms with Crippen LogP contribution in [0.2, 0.25) is 0 Å². The van der Waals surface area contributed by atoms with Gasteiger partial charge in [-0.05, 0) is 0 Å². The fraction of sp³-hybridized carbons (Fsp3) is 0.571. The van der Waals surface area contributed by atoms with Crippen LogP contribution < -0.4 is 0 Å². The fourth-order valence-corrected chi connectivity index (χ4v) is 2.48. The Morgan fingerprint density at radius 1 is 1.64 bits per heavy atom. The van der Waals surface area contributed by atoms with Crippen LogP contribution in [-0.2, 0) is 9.59 Å². The van der Waals surface area contributed by atoms with Gasteiger partial charge in [-0.2, -0.15) is 0 Å². The van der Waals surface area contributed by atoms with Gasteiger partial charge in [0.25, 0.3) is 0 Å². The lowest BCUT2D eigenvalue weighted by Gasteiger charge is -2.43. The lowest BCUT2D eigenvalue weighted by Crippen LogP contribution is -2.52. The van der Waals surface area contributed by atoms with Gasteiger partial charge in [-0.25, -0.2) is 4.79 Å². The molecule has 0 spiro atoms. The van der Waals surface area contributed by atoms with Crippen molar-refractivity contribution in [2.24, 2.45) is 0 Å². The molecule has 4 heteroatoms. The Morgan fingerprint density at radius 2 is 2.45 bits per heavy atom. The first-order chi connectivity index (χ1) is 5.31. The van der Waals surface area contributed by atoms with E-state index in [0.29, 0.717) is 19.4 Å². The molecule has 58 valence electrons. The van der Waals surface area contributed by atoms with Gasteiger partial charge >= 0.3 is 0 Å². The average Bonchev–Trinajstić information content (AvgIpc) is 2.02. The summed E-state index contributed by atoms with van der Waals surface area (Å²) < 4.78 is 0. The molecule has 2 saturated heterocycles. The summed E-state index contributed by atoms with van der Waals surface area (Å²) in [5, 5.41) is 0.243. The van der Waals surface area contributed by atoms with Crippen molar-refractivity contribution in [1.82, 2.24) is 4.90 Å². The Hall–Kier alpha value is -0.730. The molecule has 1 amide bonds. The number of rotatable bonds is 0. The van der Waals surface area contributed by atoms with E-state index >= 15 is 0 Å². The number of hydrogen-bond acceptors (Lipinski definition) is 3. The van der Waals surface area contributed by atoms with Crippen LogP contribution in [0.15, 0.2) is 4.91 Å². The van der Waals surface area contributed by atoms with E-state index in [4.69, 9.17) is 0 Å². The molecule has 0 radical (unpaired) electrons. The second kappa shape index (κ2) is 2.40. The summed E-state index contributed by atoms with van der Waals surface area (Å²) in [6.07, 6.45) is 1.28. The molecule has 3 nitrogen and oxygen atoms in total. The number of nitrogens with zero attached hydrogens (tertiary/aromatic N) is 1. The summed E-state index contributed by atoms with van der Waals surface area (Å²) >= 11 is 1.48. The predicted octanol–water partition coefficient (Wildman–Crippen LogP) is 0.397. The maximum atomic E-state index is 10.9. The summed E-state index contributed by atoms with van der Waals surface area (Å²) in [7, 11) is 0. The normalized spacial score (nSPS) is 29.1. The summed E-state index contributed by atoms with van der Waals surface area (Å²) in [4.78, 5) is 23.7. The van der Waals surface area contributed by atoms with Crippen LogP contribution in [0.1, 0.15) is 12.8 Å². The summed E-state index contributed by atoms with van der Waals surface area (Å²) in [6, 6.07) is 0. The van der Waals surface area contributed by atoms with Crippen LogP contribution in [-0.4, -0.2) is 28.7 Å². The van der Waals surface area contributed by atoms with Crippen molar-refractivity contribution < 1.29 is 9.59 Å². The number of thioether (sulfide) groups is 1. The maximum Gasteiger partial charge on any atom is 0.226 e. The number of carbonyl (C=O) groups excluding carboxylic acids is 2. The van der Waals surface area contributed by atoms with Crippen molar-refractivity contribution in [2.45, 2.75) is 18.2 Å². The molecular weight excluding hydrogens is 162 g/mol. The average molecular weight is 169 g/mol. The number of β-lactam (4-membered cyclic amide) rings is 1. The van der Waals surface area contributed by atoms with Crippen LogP contribution in [0.25, 0.3) is 0 Å². The molecule has 0 aromatic carbocycles. The summed E-state index contributed by atoms with van der Waals surface area (Å²) in [5.74, 6) is 2.11. The number of carbonyl (C=O) groups is 1. The molecule has 0 bridgehead atoms. The van der Waals surface area contributed by atoms with Gasteiger partial charge in [0.2, 0.25) is 5.91 Å². The zero-order valence-corrected chi connectivity index (χ0v) is 6.69. The minimum Gasteiger partial charge on any atom is -0.329 e. The van der Waals surface area contributed by atoms with Crippen LogP contribution in [0.3, 0.4) is 0 Å². The van der Waals surface area contributed by atoms with Gasteiger partial charge in [-0.1, -0.05) is 11.8 Å². The monoisotopic (exact) mass is 169 g/mol. The third-order valence-electron chi connectivity index (χ3n) is 1.99. The predicted molar refractivity (Wildman–Crippen MR) is 41.5 cm³/mol. The van der Waals surface area contributed by atoms with Gasteiger partial charge in [0.05, 0.1) is 16.7 Å². The first-order valence-corrected chi connectivity index (χ1v) is 4.39. The fourth-order valence-electron chi connectivity index (χ4n) is 1.32. The van der Waals surface area contributed by atoms with E-state index in [9.17, 15) is 9.59 Å². The zero-order valence-electron chi connectivity index (χ0n) is 5.87. The maximum absolute atomic E-state index is 10.9. The van der Waals surface area contributed by atoms with Crippen molar-refractivity contribution in [1.29, 1.82) is 0 Å². The highest BCUT2D eigenvalue weighted by molar-refractivity contribution is 8.04. The Kier molecular flexibility index (Phi) is 1.51. The van der Waals surface area contributed by atoms with Crippen LogP contribution in [0.5, 0.6) is 0 Å². The largest absolute Gasteiger partial charge is 0.329 e. The SMILES string of the molecule is O=C=C1CCN2C(=O)C[C@H]2S1. The standard InChI is InChI=1S/C7H7NO2S/c9-4-5-1-2-8-6(10)3-7(8)11-5/h7H,1-3H2/t7-/m1/s1. The molecule has 2 aliphatic rings. The molecule has 2 rings (SSSR count). The Morgan fingerprint density at radius 3 is 3.00 bits per heavy atom. The van der Waals surface area contributed by atoms with Gasteiger partial charge in [-0.15, -0.1) is 0 Å². The molecule has 0 saturated carbocycles. The Balaban J connectivity index is 2.08. The number of fused-ring (bicyclic) bond motifs is 1. The third-order valence-corrected chi connectivity index (χ3v) is 3.25. The van der Waals surface area contributed by atoms with Crippen molar-refractivity contribution in [3.63, 3.8) is 0 Å². The van der Waals surface area contributed by atoms with E-state index in [1.165, 1.54) is 11.8 Å². The van der Waals surface area contributed by atoms with E-state index in [0.717, 1.165) is 4.91 Å². The van der Waals surface area contributed by atoms with E-state index in [1.807, 2.05) is 10.8 Å². The van der Waals surface area contributed by atoms with E-state index in [-0.39, 0.29) is 11.3 Å². The van der Waals surface area contributed by atoms with Crippen molar-refractivity contribution in [2.75, 3.05) is 6.54 Å². The first kappa shape index (κ1) is 6.95. The molecule has 0 unspecified atom stereocenters. The molecule has 0 N–H and O–H groups in total. The summed E-state index contributed by atoms with van der Waals surface area (Å²) in [5.41, 5.74) is 0. The highest BCUT2D eigenvalue weighted by Gasteiger charge is 2.39. The van der Waals surface area contributed by atoms with E-state index < -0.39 is 0 Å². The van der Waals surface area contributed by atoms with Crippen molar-refractivity contribution >= 4 is 23.6 Å². The van der Waals surface area contributed by atoms with E-state index in [2.05, 4.69) is 0 Å². The highest BCUT2D eigenvalue weighted by atomic mass is 32.2. The van der Waals surface area contributed by atoms with Crippen LogP contribution in [0, 0.1) is 0 Å². The molecule has 11 heavy (non-hydrogen) atoms. The van der Waals surface area contributed by atoms with Crippen molar-refractivity contribution in [3.8, 4) is 0 Å². The number of amides is 1.